The molecule has 2 aromatic rings. The van der Waals surface area contributed by atoms with Gasteiger partial charge in [0.15, 0.2) is 5.96 Å². The number of guanidine groups is 1. The number of hydrogen-bond acceptors (Lipinski definition) is 5. The van der Waals surface area contributed by atoms with Crippen LogP contribution in [0.25, 0.3) is 0 Å². The molecule has 3 rings (SSSR count). The highest BCUT2D eigenvalue weighted by molar-refractivity contribution is 14.0. The van der Waals surface area contributed by atoms with Gasteiger partial charge >= 0.3 is 0 Å². The molecular weight excluding hydrogens is 541 g/mol. The van der Waals surface area contributed by atoms with E-state index in [1.807, 2.05) is 18.2 Å². The molecule has 0 saturated carbocycles. The highest BCUT2D eigenvalue weighted by Gasteiger charge is 2.23. The maximum Gasteiger partial charge on any atom is 0.191 e. The van der Waals surface area contributed by atoms with E-state index in [9.17, 15) is 0 Å². The summed E-state index contributed by atoms with van der Waals surface area (Å²) in [5.74, 6) is 2.50. The van der Waals surface area contributed by atoms with Gasteiger partial charge in [0, 0.05) is 51.0 Å². The average Bonchev–Trinajstić information content (AvgIpc) is 3.21. The van der Waals surface area contributed by atoms with Gasteiger partial charge in [-0.3, -0.25) is 9.89 Å². The lowest BCUT2D eigenvalue weighted by Gasteiger charge is -2.19. The predicted molar refractivity (Wildman–Crippen MR) is 141 cm³/mol. The molecule has 0 amide bonds. The molecule has 7 nitrogen and oxygen atoms in total. The summed E-state index contributed by atoms with van der Waals surface area (Å²) < 4.78 is 10.8. The Balaban J connectivity index is 0.00000363. The van der Waals surface area contributed by atoms with Crippen LogP contribution in [-0.4, -0.2) is 62.3 Å². The zero-order valence-corrected chi connectivity index (χ0v) is 22.0. The third-order valence-corrected chi connectivity index (χ3v) is 5.46. The zero-order chi connectivity index (χ0) is 22.1. The Morgan fingerprint density at radius 2 is 1.94 bits per heavy atom. The van der Waals surface area contributed by atoms with Crippen LogP contribution in [0.5, 0.6) is 11.5 Å². The number of benzene rings is 1. The van der Waals surface area contributed by atoms with Gasteiger partial charge in [-0.25, -0.2) is 4.98 Å². The molecule has 1 saturated heterocycles. The Labute approximate surface area is 213 Å². The van der Waals surface area contributed by atoms with Crippen molar-refractivity contribution in [2.75, 3.05) is 40.4 Å². The SMILES string of the molecule is CCNC(=NCCc1ccc(Cl)nc1)NC1CCN(Cc2cc(OC)cc(OC)c2)C1.I. The van der Waals surface area contributed by atoms with Crippen LogP contribution in [0.3, 0.4) is 0 Å². The summed E-state index contributed by atoms with van der Waals surface area (Å²) in [7, 11) is 3.36. The molecule has 1 aromatic heterocycles. The number of hydrogen-bond donors (Lipinski definition) is 2. The number of likely N-dealkylation sites (tertiary alicyclic amines) is 1. The van der Waals surface area contributed by atoms with E-state index >= 15 is 0 Å². The number of pyridine rings is 1. The van der Waals surface area contributed by atoms with E-state index in [-0.39, 0.29) is 24.0 Å². The van der Waals surface area contributed by atoms with Gasteiger partial charge in [-0.05, 0) is 49.1 Å². The van der Waals surface area contributed by atoms with Crippen LogP contribution in [0, 0.1) is 0 Å². The minimum absolute atomic E-state index is 0. The molecule has 2 heterocycles. The van der Waals surface area contributed by atoms with E-state index in [4.69, 9.17) is 26.1 Å². The second-order valence-corrected chi connectivity index (χ2v) is 7.97. The van der Waals surface area contributed by atoms with Gasteiger partial charge in [0.05, 0.1) is 14.2 Å². The van der Waals surface area contributed by atoms with Crippen molar-refractivity contribution in [3.05, 3.63) is 52.8 Å². The molecule has 0 bridgehead atoms. The Bertz CT molecular complexity index is 844. The second kappa shape index (κ2) is 13.7. The summed E-state index contributed by atoms with van der Waals surface area (Å²) in [6, 6.07) is 10.2. The van der Waals surface area contributed by atoms with Gasteiger partial charge in [-0.2, -0.15) is 0 Å². The van der Waals surface area contributed by atoms with Crippen molar-refractivity contribution in [3.63, 3.8) is 0 Å². The third kappa shape index (κ3) is 8.29. The number of halogens is 2. The van der Waals surface area contributed by atoms with E-state index in [0.717, 1.165) is 62.0 Å². The van der Waals surface area contributed by atoms with Crippen LogP contribution in [0.15, 0.2) is 41.5 Å². The maximum atomic E-state index is 5.85. The Kier molecular flexibility index (Phi) is 11.3. The van der Waals surface area contributed by atoms with Crippen molar-refractivity contribution >= 4 is 41.5 Å². The van der Waals surface area contributed by atoms with Crippen molar-refractivity contribution in [2.45, 2.75) is 32.4 Å². The van der Waals surface area contributed by atoms with E-state index in [1.54, 1.807) is 20.4 Å². The molecule has 176 valence electrons. The lowest BCUT2D eigenvalue weighted by atomic mass is 10.2. The lowest BCUT2D eigenvalue weighted by Crippen LogP contribution is -2.44. The van der Waals surface area contributed by atoms with E-state index in [0.29, 0.717) is 17.7 Å². The van der Waals surface area contributed by atoms with Gasteiger partial charge in [0.1, 0.15) is 16.7 Å². The van der Waals surface area contributed by atoms with Crippen LogP contribution >= 0.6 is 35.6 Å². The van der Waals surface area contributed by atoms with E-state index in [1.165, 1.54) is 5.56 Å². The number of methoxy groups -OCH3 is 2. The maximum absolute atomic E-state index is 5.85. The summed E-state index contributed by atoms with van der Waals surface area (Å²) in [5.41, 5.74) is 2.32. The number of aliphatic imine (C=N–C) groups is 1. The minimum Gasteiger partial charge on any atom is -0.497 e. The van der Waals surface area contributed by atoms with E-state index < -0.39 is 0 Å². The second-order valence-electron chi connectivity index (χ2n) is 7.59. The Morgan fingerprint density at radius 1 is 1.19 bits per heavy atom. The summed E-state index contributed by atoms with van der Waals surface area (Å²) in [4.78, 5) is 11.3. The van der Waals surface area contributed by atoms with Crippen molar-refractivity contribution in [2.24, 2.45) is 4.99 Å². The molecule has 1 aliphatic rings. The quantitative estimate of drug-likeness (QED) is 0.206. The van der Waals surface area contributed by atoms with Crippen molar-refractivity contribution < 1.29 is 9.47 Å². The van der Waals surface area contributed by atoms with Gasteiger partial charge in [-0.15, -0.1) is 24.0 Å². The predicted octanol–water partition coefficient (Wildman–Crippen LogP) is 3.74. The van der Waals surface area contributed by atoms with Gasteiger partial charge in [0.2, 0.25) is 0 Å². The molecule has 1 aliphatic heterocycles. The fourth-order valence-corrected chi connectivity index (χ4v) is 3.79. The molecule has 32 heavy (non-hydrogen) atoms. The van der Waals surface area contributed by atoms with Crippen LogP contribution in [0.1, 0.15) is 24.5 Å². The number of rotatable bonds is 9. The normalized spacial score (nSPS) is 16.4. The first-order valence-electron chi connectivity index (χ1n) is 10.7. The molecule has 1 aromatic carbocycles. The van der Waals surface area contributed by atoms with E-state index in [2.05, 4.69) is 39.6 Å². The third-order valence-electron chi connectivity index (χ3n) is 5.23. The standard InChI is InChI=1S/C23H32ClN5O2.HI/c1-4-25-23(26-9-7-17-5-6-22(24)27-14-17)28-19-8-10-29(16-19)15-18-11-20(30-2)13-21(12-18)31-3;/h5-6,11-14,19H,4,7-10,15-16H2,1-3H3,(H2,25,26,28);1H. The molecule has 0 radical (unpaired) electrons. The topological polar surface area (TPSA) is 71.0 Å². The van der Waals surface area contributed by atoms with Crippen molar-refractivity contribution in [3.8, 4) is 11.5 Å². The monoisotopic (exact) mass is 573 g/mol. The first-order valence-corrected chi connectivity index (χ1v) is 11.1. The molecular formula is C23H33ClIN5O2. The number of nitrogens with zero attached hydrogens (tertiary/aromatic N) is 3. The highest BCUT2D eigenvalue weighted by atomic mass is 127. The molecule has 1 fully saturated rings. The smallest absolute Gasteiger partial charge is 0.191 e. The Morgan fingerprint density at radius 3 is 2.56 bits per heavy atom. The number of nitrogens with one attached hydrogen (secondary N) is 2. The summed E-state index contributed by atoms with van der Waals surface area (Å²) >= 11 is 5.85. The first-order chi connectivity index (χ1) is 15.1. The fourth-order valence-electron chi connectivity index (χ4n) is 3.67. The zero-order valence-electron chi connectivity index (χ0n) is 18.9. The molecule has 1 unspecified atom stereocenters. The number of aromatic nitrogens is 1. The molecule has 0 spiro atoms. The number of ether oxygens (including phenoxy) is 2. The van der Waals surface area contributed by atoms with Crippen LogP contribution in [0.4, 0.5) is 0 Å². The van der Waals surface area contributed by atoms with Crippen LogP contribution in [0.2, 0.25) is 5.15 Å². The summed E-state index contributed by atoms with van der Waals surface area (Å²) in [6.45, 7) is 6.46. The van der Waals surface area contributed by atoms with Gasteiger partial charge < -0.3 is 20.1 Å². The summed E-state index contributed by atoms with van der Waals surface area (Å²) in [6.07, 6.45) is 3.71. The van der Waals surface area contributed by atoms with Crippen molar-refractivity contribution in [1.82, 2.24) is 20.5 Å². The summed E-state index contributed by atoms with van der Waals surface area (Å²) in [5, 5.41) is 7.45. The molecule has 1 atom stereocenters. The largest absolute Gasteiger partial charge is 0.497 e. The van der Waals surface area contributed by atoms with Crippen LogP contribution < -0.4 is 20.1 Å². The highest BCUT2D eigenvalue weighted by Crippen LogP contribution is 2.24. The van der Waals surface area contributed by atoms with Crippen LogP contribution in [-0.2, 0) is 13.0 Å². The Hall–Kier alpha value is -1.78. The lowest BCUT2D eigenvalue weighted by molar-refractivity contribution is 0.321. The first kappa shape index (κ1) is 26.5. The molecule has 9 heteroatoms. The minimum atomic E-state index is 0. The fraction of sp³-hybridized carbons (Fsp3) is 0.478. The van der Waals surface area contributed by atoms with Gasteiger partial charge in [0.25, 0.3) is 0 Å². The average molecular weight is 574 g/mol. The van der Waals surface area contributed by atoms with Crippen molar-refractivity contribution in [1.29, 1.82) is 0 Å². The van der Waals surface area contributed by atoms with Gasteiger partial charge in [-0.1, -0.05) is 17.7 Å². The molecule has 0 aliphatic carbocycles. The molecule has 2 N–H and O–H groups in total.